The van der Waals surface area contributed by atoms with Crippen LogP contribution in [0.3, 0.4) is 0 Å². The van der Waals surface area contributed by atoms with E-state index in [0.29, 0.717) is 10.8 Å². The number of hydrogen-bond acceptors (Lipinski definition) is 5. The van der Waals surface area contributed by atoms with Crippen molar-refractivity contribution in [2.45, 2.75) is 19.1 Å². The number of fused-ring (bicyclic) bond motifs is 1. The van der Waals surface area contributed by atoms with Gasteiger partial charge in [0.2, 0.25) is 0 Å². The third-order valence-corrected chi connectivity index (χ3v) is 5.14. The maximum Gasteiger partial charge on any atom is 0.344 e. The molecule has 3 aromatic carbocycles. The van der Waals surface area contributed by atoms with Crippen LogP contribution < -0.4 is 10.3 Å². The summed E-state index contributed by atoms with van der Waals surface area (Å²) >= 11 is 5.91. The summed E-state index contributed by atoms with van der Waals surface area (Å²) in [5.74, 6) is -1.54. The molecule has 7 nitrogen and oxygen atoms in total. The van der Waals surface area contributed by atoms with Gasteiger partial charge in [0.25, 0.3) is 5.56 Å². The summed E-state index contributed by atoms with van der Waals surface area (Å²) in [5.41, 5.74) is 1.33. The Morgan fingerprint density at radius 2 is 1.72 bits per heavy atom. The lowest BCUT2D eigenvalue weighted by Crippen LogP contribution is -2.32. The lowest BCUT2D eigenvalue weighted by molar-refractivity contribution is -0.145. The zero-order valence-corrected chi connectivity index (χ0v) is 17.4. The molecule has 4 rings (SSSR count). The average Bonchev–Trinajstić information content (AvgIpc) is 2.78. The zero-order chi connectivity index (χ0) is 22.7. The molecule has 0 saturated heterocycles. The van der Waals surface area contributed by atoms with Crippen LogP contribution in [0.25, 0.3) is 22.0 Å². The minimum atomic E-state index is -1.23. The molecule has 0 bridgehead atoms. The van der Waals surface area contributed by atoms with Gasteiger partial charge in [0.15, 0.2) is 6.10 Å². The lowest BCUT2D eigenvalue weighted by Gasteiger charge is -2.16. The number of aliphatic carboxylic acids is 1. The van der Waals surface area contributed by atoms with Crippen LogP contribution in [0, 0.1) is 5.82 Å². The van der Waals surface area contributed by atoms with Crippen molar-refractivity contribution < 1.29 is 19.0 Å². The van der Waals surface area contributed by atoms with E-state index in [4.69, 9.17) is 16.3 Å². The highest BCUT2D eigenvalue weighted by Crippen LogP contribution is 2.24. The number of ether oxygens (including phenoxy) is 1. The van der Waals surface area contributed by atoms with Crippen LogP contribution in [0.4, 0.5) is 4.39 Å². The van der Waals surface area contributed by atoms with Crippen molar-refractivity contribution in [3.8, 4) is 16.9 Å². The second kappa shape index (κ2) is 9.15. The van der Waals surface area contributed by atoms with Gasteiger partial charge in [-0.3, -0.25) is 4.79 Å². The van der Waals surface area contributed by atoms with Gasteiger partial charge >= 0.3 is 5.97 Å². The van der Waals surface area contributed by atoms with Gasteiger partial charge < -0.3 is 9.84 Å². The minimum Gasteiger partial charge on any atom is -0.479 e. The number of carbonyl (C=O) groups is 1. The van der Waals surface area contributed by atoms with Gasteiger partial charge in [0.05, 0.1) is 6.54 Å². The van der Waals surface area contributed by atoms with Gasteiger partial charge in [-0.15, -0.1) is 5.10 Å². The first-order chi connectivity index (χ1) is 15.4. The molecule has 9 heteroatoms. The smallest absolute Gasteiger partial charge is 0.344 e. The van der Waals surface area contributed by atoms with Crippen molar-refractivity contribution in [3.63, 3.8) is 0 Å². The van der Waals surface area contributed by atoms with Crippen molar-refractivity contribution in [3.05, 3.63) is 87.9 Å². The minimum absolute atomic E-state index is 0.0667. The van der Waals surface area contributed by atoms with E-state index < -0.39 is 23.4 Å². The molecular formula is C23H17ClFN3O4. The Kier molecular flexibility index (Phi) is 6.13. The standard InChI is InChI=1S/C23H17ClFN3O4/c24-16-8-4-14(5-9-16)15-6-10-17(11-7-15)32-20(23(30)31)12-13-28-22(29)21-18(25)2-1-3-19(21)26-27-28/h1-11,20H,12-13H2,(H,30,31). The number of hydrogen-bond donors (Lipinski definition) is 1. The fourth-order valence-corrected chi connectivity index (χ4v) is 3.36. The molecule has 0 spiro atoms. The van der Waals surface area contributed by atoms with Crippen molar-refractivity contribution in [2.24, 2.45) is 0 Å². The third-order valence-electron chi connectivity index (χ3n) is 4.89. The molecular weight excluding hydrogens is 437 g/mol. The number of rotatable bonds is 7. The number of carboxylic acid groups (broad SMARTS) is 1. The van der Waals surface area contributed by atoms with Crippen LogP contribution in [-0.2, 0) is 11.3 Å². The summed E-state index contributed by atoms with van der Waals surface area (Å²) < 4.78 is 20.5. The number of halogens is 2. The van der Waals surface area contributed by atoms with E-state index in [1.165, 1.54) is 12.1 Å². The average molecular weight is 454 g/mol. The number of aryl methyl sites for hydroxylation is 1. The quantitative estimate of drug-likeness (QED) is 0.451. The van der Waals surface area contributed by atoms with Crippen LogP contribution in [0.5, 0.6) is 5.75 Å². The summed E-state index contributed by atoms with van der Waals surface area (Å²) in [6, 6.07) is 18.3. The summed E-state index contributed by atoms with van der Waals surface area (Å²) in [7, 11) is 0. The molecule has 4 aromatic rings. The number of benzene rings is 3. The SMILES string of the molecule is O=C(O)C(CCn1nnc2cccc(F)c2c1=O)Oc1ccc(-c2ccc(Cl)cc2)cc1. The highest BCUT2D eigenvalue weighted by atomic mass is 35.5. The Morgan fingerprint density at radius 1 is 1.06 bits per heavy atom. The Balaban J connectivity index is 1.48. The first kappa shape index (κ1) is 21.5. The fourth-order valence-electron chi connectivity index (χ4n) is 3.23. The van der Waals surface area contributed by atoms with Crippen molar-refractivity contribution >= 4 is 28.5 Å². The predicted octanol–water partition coefficient (Wildman–Crippen LogP) is 4.17. The Bertz CT molecular complexity index is 1320. The molecule has 0 aliphatic heterocycles. The second-order valence-electron chi connectivity index (χ2n) is 7.02. The number of carboxylic acids is 1. The van der Waals surface area contributed by atoms with Gasteiger partial charge in [-0.25, -0.2) is 13.9 Å². The molecule has 0 fully saturated rings. The van der Waals surface area contributed by atoms with Gasteiger partial charge in [-0.05, 0) is 47.5 Å². The second-order valence-corrected chi connectivity index (χ2v) is 7.45. The van der Waals surface area contributed by atoms with E-state index >= 15 is 0 Å². The molecule has 1 heterocycles. The van der Waals surface area contributed by atoms with Crippen molar-refractivity contribution in [2.75, 3.05) is 0 Å². The van der Waals surface area contributed by atoms with E-state index in [1.54, 1.807) is 36.4 Å². The first-order valence-electron chi connectivity index (χ1n) is 9.70. The van der Waals surface area contributed by atoms with Gasteiger partial charge in [0.1, 0.15) is 22.5 Å². The predicted molar refractivity (Wildman–Crippen MR) is 117 cm³/mol. The Hall–Kier alpha value is -3.78. The fraction of sp³-hybridized carbons (Fsp3) is 0.130. The van der Waals surface area contributed by atoms with Crippen LogP contribution in [-0.4, -0.2) is 32.2 Å². The normalized spacial score (nSPS) is 11.9. The van der Waals surface area contributed by atoms with Crippen LogP contribution in [0.1, 0.15) is 6.42 Å². The maximum atomic E-state index is 14.0. The summed E-state index contributed by atoms with van der Waals surface area (Å²) in [4.78, 5) is 24.2. The number of aromatic nitrogens is 3. The van der Waals surface area contributed by atoms with E-state index in [1.807, 2.05) is 12.1 Å². The summed E-state index contributed by atoms with van der Waals surface area (Å²) in [5, 5.41) is 17.6. The Labute approximate surface area is 186 Å². The highest BCUT2D eigenvalue weighted by molar-refractivity contribution is 6.30. The highest BCUT2D eigenvalue weighted by Gasteiger charge is 2.21. The first-order valence-corrected chi connectivity index (χ1v) is 10.1. The van der Waals surface area contributed by atoms with E-state index in [9.17, 15) is 19.1 Å². The van der Waals surface area contributed by atoms with Crippen molar-refractivity contribution in [1.29, 1.82) is 0 Å². The van der Waals surface area contributed by atoms with Crippen molar-refractivity contribution in [1.82, 2.24) is 15.0 Å². The van der Waals surface area contributed by atoms with E-state index in [0.717, 1.165) is 21.9 Å². The molecule has 1 N–H and O–H groups in total. The summed E-state index contributed by atoms with van der Waals surface area (Å²) in [6.45, 7) is -0.101. The van der Waals surface area contributed by atoms with Gasteiger partial charge in [0, 0.05) is 11.4 Å². The van der Waals surface area contributed by atoms with E-state index in [2.05, 4.69) is 10.3 Å². The Morgan fingerprint density at radius 3 is 2.38 bits per heavy atom. The van der Waals surface area contributed by atoms with Crippen LogP contribution in [0.15, 0.2) is 71.5 Å². The molecule has 0 aliphatic rings. The molecule has 0 radical (unpaired) electrons. The van der Waals surface area contributed by atoms with Gasteiger partial charge in [-0.2, -0.15) is 0 Å². The molecule has 0 saturated carbocycles. The molecule has 32 heavy (non-hydrogen) atoms. The zero-order valence-electron chi connectivity index (χ0n) is 16.6. The largest absolute Gasteiger partial charge is 0.479 e. The van der Waals surface area contributed by atoms with Crippen LogP contribution in [0.2, 0.25) is 5.02 Å². The molecule has 162 valence electrons. The molecule has 1 unspecified atom stereocenters. The van der Waals surface area contributed by atoms with E-state index in [-0.39, 0.29) is 23.9 Å². The molecule has 0 aliphatic carbocycles. The molecule has 1 aromatic heterocycles. The van der Waals surface area contributed by atoms with Gasteiger partial charge in [-0.1, -0.05) is 47.1 Å². The molecule has 1 atom stereocenters. The number of nitrogens with zero attached hydrogens (tertiary/aromatic N) is 3. The monoisotopic (exact) mass is 453 g/mol. The topological polar surface area (TPSA) is 94.3 Å². The summed E-state index contributed by atoms with van der Waals surface area (Å²) in [6.07, 6.45) is -1.30. The maximum absolute atomic E-state index is 14.0. The third kappa shape index (κ3) is 4.60. The molecule has 0 amide bonds. The van der Waals surface area contributed by atoms with Crippen LogP contribution >= 0.6 is 11.6 Å². The lowest BCUT2D eigenvalue weighted by atomic mass is 10.1.